The van der Waals surface area contributed by atoms with Crippen molar-refractivity contribution >= 4 is 17.5 Å². The van der Waals surface area contributed by atoms with Crippen LogP contribution in [0.3, 0.4) is 0 Å². The van der Waals surface area contributed by atoms with Crippen molar-refractivity contribution in [3.05, 3.63) is 28.3 Å². The first kappa shape index (κ1) is 14.8. The minimum atomic E-state index is -0.0521. The van der Waals surface area contributed by atoms with E-state index in [9.17, 15) is 4.79 Å². The predicted molar refractivity (Wildman–Crippen MR) is 73.1 cm³/mol. The average Bonchev–Trinajstić information content (AvgIpc) is 2.33. The van der Waals surface area contributed by atoms with Crippen LogP contribution in [-0.2, 0) is 11.2 Å². The molecule has 3 N–H and O–H groups in total. The Bertz CT molecular complexity index is 422. The largest absolute Gasteiger partial charge is 0.492 e. The Kier molecular flexibility index (Phi) is 5.95. The van der Waals surface area contributed by atoms with Gasteiger partial charge in [0.05, 0.1) is 18.1 Å². The Morgan fingerprint density at radius 3 is 2.83 bits per heavy atom. The van der Waals surface area contributed by atoms with Gasteiger partial charge in [0, 0.05) is 13.1 Å². The number of amides is 1. The molecule has 0 aromatic heterocycles. The molecule has 0 aliphatic heterocycles. The van der Waals surface area contributed by atoms with Crippen LogP contribution in [-0.4, -0.2) is 25.6 Å². The summed E-state index contributed by atoms with van der Waals surface area (Å²) in [6, 6.07) is 3.64. The fraction of sp³-hybridized carbons (Fsp3) is 0.462. The second-order valence-corrected chi connectivity index (χ2v) is 4.36. The minimum Gasteiger partial charge on any atom is -0.492 e. The van der Waals surface area contributed by atoms with Gasteiger partial charge in [0.15, 0.2) is 0 Å². The molecule has 5 heteroatoms. The molecule has 0 radical (unpaired) electrons. The molecule has 4 nitrogen and oxygen atoms in total. The van der Waals surface area contributed by atoms with Crippen molar-refractivity contribution in [2.45, 2.75) is 20.3 Å². The minimum absolute atomic E-state index is 0.0521. The summed E-state index contributed by atoms with van der Waals surface area (Å²) in [5.41, 5.74) is 7.22. The summed E-state index contributed by atoms with van der Waals surface area (Å²) < 4.78 is 5.39. The molecule has 0 bridgehead atoms. The first-order chi connectivity index (χ1) is 8.58. The normalized spacial score (nSPS) is 10.2. The zero-order valence-electron chi connectivity index (χ0n) is 10.8. The highest BCUT2D eigenvalue weighted by Crippen LogP contribution is 2.28. The number of nitrogens with two attached hydrogens (primary N) is 1. The third-order valence-electron chi connectivity index (χ3n) is 2.51. The summed E-state index contributed by atoms with van der Waals surface area (Å²) >= 11 is 6.09. The first-order valence-electron chi connectivity index (χ1n) is 5.97. The van der Waals surface area contributed by atoms with Gasteiger partial charge in [0.1, 0.15) is 5.75 Å². The van der Waals surface area contributed by atoms with Gasteiger partial charge in [-0.05, 0) is 37.1 Å². The number of carbonyl (C=O) groups is 1. The summed E-state index contributed by atoms with van der Waals surface area (Å²) in [4.78, 5) is 11.6. The van der Waals surface area contributed by atoms with Crippen LogP contribution in [0.4, 0.5) is 0 Å². The van der Waals surface area contributed by atoms with Gasteiger partial charge in [-0.2, -0.15) is 0 Å². The van der Waals surface area contributed by atoms with Gasteiger partial charge in [-0.15, -0.1) is 0 Å². The molecule has 0 atom stereocenters. The van der Waals surface area contributed by atoms with Crippen molar-refractivity contribution < 1.29 is 9.53 Å². The maximum Gasteiger partial charge on any atom is 0.224 e. The highest BCUT2D eigenvalue weighted by molar-refractivity contribution is 6.32. The van der Waals surface area contributed by atoms with E-state index in [4.69, 9.17) is 22.1 Å². The van der Waals surface area contributed by atoms with Crippen LogP contribution in [0.2, 0.25) is 5.02 Å². The number of ether oxygens (including phenoxy) is 1. The second kappa shape index (κ2) is 7.24. The van der Waals surface area contributed by atoms with Crippen molar-refractivity contribution in [2.75, 3.05) is 19.7 Å². The molecular formula is C13H19ClN2O2. The van der Waals surface area contributed by atoms with Crippen molar-refractivity contribution in [1.29, 1.82) is 0 Å². The maximum absolute atomic E-state index is 11.6. The molecular weight excluding hydrogens is 252 g/mol. The van der Waals surface area contributed by atoms with Crippen LogP contribution in [0, 0.1) is 6.92 Å². The number of carbonyl (C=O) groups excluding carboxylic acids is 1. The zero-order valence-corrected chi connectivity index (χ0v) is 11.5. The Hall–Kier alpha value is -1.26. The maximum atomic E-state index is 11.6. The Labute approximate surface area is 112 Å². The van der Waals surface area contributed by atoms with Crippen LogP contribution in [0.5, 0.6) is 5.75 Å². The van der Waals surface area contributed by atoms with E-state index in [2.05, 4.69) is 5.32 Å². The molecule has 100 valence electrons. The number of rotatable bonds is 6. The Morgan fingerprint density at radius 2 is 2.22 bits per heavy atom. The van der Waals surface area contributed by atoms with E-state index in [0.717, 1.165) is 11.1 Å². The molecule has 0 aliphatic carbocycles. The third kappa shape index (κ3) is 4.20. The monoisotopic (exact) mass is 270 g/mol. The molecule has 0 unspecified atom stereocenters. The quantitative estimate of drug-likeness (QED) is 0.826. The van der Waals surface area contributed by atoms with Gasteiger partial charge in [-0.25, -0.2) is 0 Å². The third-order valence-corrected chi connectivity index (χ3v) is 2.80. The first-order valence-corrected chi connectivity index (χ1v) is 6.34. The van der Waals surface area contributed by atoms with Gasteiger partial charge in [-0.1, -0.05) is 11.6 Å². The van der Waals surface area contributed by atoms with Crippen LogP contribution < -0.4 is 15.8 Å². The molecule has 0 aliphatic rings. The predicted octanol–water partition coefficient (Wildman–Crippen LogP) is 1.66. The SMILES string of the molecule is CCOc1cc(C)c(CC(=O)NCCN)cc1Cl. The molecule has 18 heavy (non-hydrogen) atoms. The second-order valence-electron chi connectivity index (χ2n) is 3.96. The van der Waals surface area contributed by atoms with E-state index in [0.29, 0.717) is 36.9 Å². The molecule has 0 saturated heterocycles. The molecule has 1 rings (SSSR count). The zero-order chi connectivity index (χ0) is 13.5. The molecule has 0 saturated carbocycles. The van der Waals surface area contributed by atoms with Crippen LogP contribution in [0.15, 0.2) is 12.1 Å². The average molecular weight is 271 g/mol. The molecule has 0 heterocycles. The van der Waals surface area contributed by atoms with Crippen molar-refractivity contribution in [2.24, 2.45) is 5.73 Å². The number of nitrogens with one attached hydrogen (secondary N) is 1. The highest BCUT2D eigenvalue weighted by Gasteiger charge is 2.10. The Balaban J connectivity index is 2.78. The summed E-state index contributed by atoms with van der Waals surface area (Å²) in [6.07, 6.45) is 0.304. The molecule has 1 amide bonds. The van der Waals surface area contributed by atoms with Gasteiger partial charge in [0.25, 0.3) is 0 Å². The van der Waals surface area contributed by atoms with Gasteiger partial charge < -0.3 is 15.8 Å². The lowest BCUT2D eigenvalue weighted by Gasteiger charge is -2.11. The summed E-state index contributed by atoms with van der Waals surface area (Å²) in [6.45, 7) is 5.33. The number of benzene rings is 1. The van der Waals surface area contributed by atoms with E-state index < -0.39 is 0 Å². The van der Waals surface area contributed by atoms with E-state index in [1.165, 1.54) is 0 Å². The lowest BCUT2D eigenvalue weighted by molar-refractivity contribution is -0.120. The molecule has 1 aromatic rings. The van der Waals surface area contributed by atoms with Crippen LogP contribution >= 0.6 is 11.6 Å². The topological polar surface area (TPSA) is 64.3 Å². The van der Waals surface area contributed by atoms with E-state index in [1.807, 2.05) is 19.9 Å². The van der Waals surface area contributed by atoms with Crippen molar-refractivity contribution in [1.82, 2.24) is 5.32 Å². The molecule has 0 fully saturated rings. The fourth-order valence-corrected chi connectivity index (χ4v) is 1.84. The number of halogens is 1. The highest BCUT2D eigenvalue weighted by atomic mass is 35.5. The smallest absolute Gasteiger partial charge is 0.224 e. The lowest BCUT2D eigenvalue weighted by Crippen LogP contribution is -2.30. The van der Waals surface area contributed by atoms with E-state index in [1.54, 1.807) is 6.07 Å². The number of hydrogen-bond acceptors (Lipinski definition) is 3. The number of hydrogen-bond donors (Lipinski definition) is 2. The summed E-state index contributed by atoms with van der Waals surface area (Å²) in [7, 11) is 0. The van der Waals surface area contributed by atoms with E-state index in [-0.39, 0.29) is 5.91 Å². The number of aryl methyl sites for hydroxylation is 1. The van der Waals surface area contributed by atoms with Gasteiger partial charge in [-0.3, -0.25) is 4.79 Å². The van der Waals surface area contributed by atoms with Crippen LogP contribution in [0.1, 0.15) is 18.1 Å². The molecule has 0 spiro atoms. The lowest BCUT2D eigenvalue weighted by atomic mass is 10.0. The van der Waals surface area contributed by atoms with Gasteiger partial charge >= 0.3 is 0 Å². The van der Waals surface area contributed by atoms with Crippen molar-refractivity contribution in [3.8, 4) is 5.75 Å². The van der Waals surface area contributed by atoms with Gasteiger partial charge in [0.2, 0.25) is 5.91 Å². The summed E-state index contributed by atoms with van der Waals surface area (Å²) in [5, 5.41) is 3.26. The standard InChI is InChI=1S/C13H19ClN2O2/c1-3-18-12-6-9(2)10(7-11(12)14)8-13(17)16-5-4-15/h6-7H,3-5,8,15H2,1-2H3,(H,16,17). The van der Waals surface area contributed by atoms with Crippen LogP contribution in [0.25, 0.3) is 0 Å². The molecule has 1 aromatic carbocycles. The summed E-state index contributed by atoms with van der Waals surface area (Å²) in [5.74, 6) is 0.603. The van der Waals surface area contributed by atoms with Crippen molar-refractivity contribution in [3.63, 3.8) is 0 Å². The Morgan fingerprint density at radius 1 is 1.50 bits per heavy atom. The van der Waals surface area contributed by atoms with E-state index >= 15 is 0 Å². The fourth-order valence-electron chi connectivity index (χ4n) is 1.60.